The fourth-order valence-corrected chi connectivity index (χ4v) is 1.50. The molecule has 0 saturated carbocycles. The van der Waals surface area contributed by atoms with E-state index in [0.29, 0.717) is 11.3 Å². The van der Waals surface area contributed by atoms with Crippen LogP contribution in [0.3, 0.4) is 0 Å². The van der Waals surface area contributed by atoms with Crippen molar-refractivity contribution in [3.63, 3.8) is 0 Å². The highest BCUT2D eigenvalue weighted by molar-refractivity contribution is 9.10. The lowest BCUT2D eigenvalue weighted by Crippen LogP contribution is -1.92. The van der Waals surface area contributed by atoms with Gasteiger partial charge in [-0.1, -0.05) is 15.9 Å². The minimum Gasteiger partial charge on any atom is -0.422 e. The van der Waals surface area contributed by atoms with Crippen LogP contribution in [0.4, 0.5) is 0 Å². The Morgan fingerprint density at radius 3 is 2.94 bits per heavy atom. The van der Waals surface area contributed by atoms with Gasteiger partial charge in [0, 0.05) is 11.5 Å². The smallest absolute Gasteiger partial charge is 0.341 e. The van der Waals surface area contributed by atoms with Crippen LogP contribution in [0.2, 0.25) is 0 Å². The first-order valence-electron chi connectivity index (χ1n) is 4.42. The highest BCUT2D eigenvalue weighted by Crippen LogP contribution is 2.25. The van der Waals surface area contributed by atoms with E-state index >= 15 is 0 Å². The van der Waals surface area contributed by atoms with Crippen LogP contribution in [-0.4, -0.2) is 14.8 Å². The molecule has 1 aromatic carbocycles. The highest BCUT2D eigenvalue weighted by atomic mass is 79.9. The standard InChI is InChI=1S/C10H7BrN4O/c1-15-6-13-10(14-15)16-9-3-2-8(11)4-7(9)5-12/h2-4,6H,1H3. The molecule has 0 fully saturated rings. The molecule has 0 N–H and O–H groups in total. The van der Waals surface area contributed by atoms with E-state index in [9.17, 15) is 0 Å². The van der Waals surface area contributed by atoms with Crippen LogP contribution in [-0.2, 0) is 7.05 Å². The molecule has 0 unspecified atom stereocenters. The largest absolute Gasteiger partial charge is 0.422 e. The molecule has 1 heterocycles. The summed E-state index contributed by atoms with van der Waals surface area (Å²) in [6, 6.07) is 7.43. The van der Waals surface area contributed by atoms with E-state index in [2.05, 4.69) is 26.0 Å². The summed E-state index contributed by atoms with van der Waals surface area (Å²) in [4.78, 5) is 3.92. The van der Waals surface area contributed by atoms with E-state index < -0.39 is 0 Å². The summed E-state index contributed by atoms with van der Waals surface area (Å²) in [5.74, 6) is 0.442. The fraction of sp³-hybridized carbons (Fsp3) is 0.100. The van der Waals surface area contributed by atoms with Gasteiger partial charge in [0.05, 0.1) is 5.56 Å². The molecule has 0 atom stereocenters. The maximum Gasteiger partial charge on any atom is 0.341 e. The summed E-state index contributed by atoms with van der Waals surface area (Å²) in [5.41, 5.74) is 0.432. The van der Waals surface area contributed by atoms with E-state index in [1.54, 1.807) is 25.2 Å². The molecule has 0 amide bonds. The van der Waals surface area contributed by atoms with Crippen molar-refractivity contribution < 1.29 is 4.74 Å². The molecular weight excluding hydrogens is 272 g/mol. The first-order valence-corrected chi connectivity index (χ1v) is 5.21. The number of nitrogens with zero attached hydrogens (tertiary/aromatic N) is 4. The van der Waals surface area contributed by atoms with Gasteiger partial charge in [-0.2, -0.15) is 10.2 Å². The van der Waals surface area contributed by atoms with Gasteiger partial charge in [-0.05, 0) is 18.2 Å². The number of hydrogen-bond acceptors (Lipinski definition) is 4. The van der Waals surface area contributed by atoms with Crippen molar-refractivity contribution >= 4 is 15.9 Å². The Balaban J connectivity index is 2.31. The average molecular weight is 279 g/mol. The summed E-state index contributed by atoms with van der Waals surface area (Å²) < 4.78 is 7.74. The molecule has 0 aliphatic rings. The summed E-state index contributed by atoms with van der Waals surface area (Å²) in [5, 5.41) is 12.9. The zero-order valence-electron chi connectivity index (χ0n) is 8.38. The molecule has 2 rings (SSSR count). The van der Waals surface area contributed by atoms with Crippen LogP contribution in [0.5, 0.6) is 11.8 Å². The number of nitriles is 1. The van der Waals surface area contributed by atoms with Crippen LogP contribution in [0.25, 0.3) is 0 Å². The van der Waals surface area contributed by atoms with Crippen molar-refractivity contribution in [2.75, 3.05) is 0 Å². The van der Waals surface area contributed by atoms with Crippen molar-refractivity contribution in [2.45, 2.75) is 0 Å². The molecule has 0 bridgehead atoms. The van der Waals surface area contributed by atoms with Gasteiger partial charge in [0.15, 0.2) is 0 Å². The Kier molecular flexibility index (Phi) is 2.88. The van der Waals surface area contributed by atoms with Gasteiger partial charge < -0.3 is 4.74 Å². The average Bonchev–Trinajstić information content (AvgIpc) is 2.67. The van der Waals surface area contributed by atoms with Crippen molar-refractivity contribution in [1.29, 1.82) is 5.26 Å². The topological polar surface area (TPSA) is 63.7 Å². The Hall–Kier alpha value is -1.87. The van der Waals surface area contributed by atoms with Crippen LogP contribution in [0.15, 0.2) is 29.0 Å². The summed E-state index contributed by atoms with van der Waals surface area (Å²) in [6.07, 6.45) is 1.53. The molecule has 0 aliphatic heterocycles. The SMILES string of the molecule is Cn1cnc(Oc2ccc(Br)cc2C#N)n1. The third kappa shape index (κ3) is 2.20. The first kappa shape index (κ1) is 10.6. The minimum atomic E-state index is 0.223. The summed E-state index contributed by atoms with van der Waals surface area (Å²) in [7, 11) is 1.74. The lowest BCUT2D eigenvalue weighted by Gasteiger charge is -2.03. The minimum absolute atomic E-state index is 0.223. The molecule has 80 valence electrons. The Morgan fingerprint density at radius 2 is 2.31 bits per heavy atom. The maximum absolute atomic E-state index is 8.93. The lowest BCUT2D eigenvalue weighted by atomic mass is 10.2. The Labute approximate surface area is 100 Å². The number of benzene rings is 1. The monoisotopic (exact) mass is 278 g/mol. The van der Waals surface area contributed by atoms with Crippen LogP contribution >= 0.6 is 15.9 Å². The third-order valence-electron chi connectivity index (χ3n) is 1.84. The van der Waals surface area contributed by atoms with E-state index in [-0.39, 0.29) is 6.01 Å². The van der Waals surface area contributed by atoms with Gasteiger partial charge in [-0.15, -0.1) is 5.10 Å². The van der Waals surface area contributed by atoms with Gasteiger partial charge in [-0.25, -0.2) is 0 Å². The van der Waals surface area contributed by atoms with E-state index in [1.807, 2.05) is 6.07 Å². The second-order valence-electron chi connectivity index (χ2n) is 3.06. The highest BCUT2D eigenvalue weighted by Gasteiger charge is 2.07. The molecule has 0 radical (unpaired) electrons. The second kappa shape index (κ2) is 4.33. The van der Waals surface area contributed by atoms with Crippen molar-refractivity contribution in [3.8, 4) is 17.8 Å². The number of ether oxygens (including phenoxy) is 1. The normalized spacial score (nSPS) is 9.81. The van der Waals surface area contributed by atoms with Crippen LogP contribution in [0, 0.1) is 11.3 Å². The van der Waals surface area contributed by atoms with E-state index in [1.165, 1.54) is 11.0 Å². The van der Waals surface area contributed by atoms with E-state index in [0.717, 1.165) is 4.47 Å². The fourth-order valence-electron chi connectivity index (χ4n) is 1.14. The van der Waals surface area contributed by atoms with Gasteiger partial charge >= 0.3 is 6.01 Å². The van der Waals surface area contributed by atoms with Gasteiger partial charge in [-0.3, -0.25) is 4.68 Å². The summed E-state index contributed by atoms with van der Waals surface area (Å²) >= 11 is 3.28. The molecular formula is C10H7BrN4O. The van der Waals surface area contributed by atoms with Crippen LogP contribution in [0.1, 0.15) is 5.56 Å². The maximum atomic E-state index is 8.93. The molecule has 1 aromatic heterocycles. The molecule has 0 aliphatic carbocycles. The predicted octanol–water partition coefficient (Wildman–Crippen LogP) is 2.24. The van der Waals surface area contributed by atoms with Gasteiger partial charge in [0.25, 0.3) is 0 Å². The van der Waals surface area contributed by atoms with E-state index in [4.69, 9.17) is 10.00 Å². The van der Waals surface area contributed by atoms with Crippen LogP contribution < -0.4 is 4.74 Å². The van der Waals surface area contributed by atoms with Gasteiger partial charge in [0.2, 0.25) is 0 Å². The van der Waals surface area contributed by atoms with Crippen molar-refractivity contribution in [2.24, 2.45) is 7.05 Å². The molecule has 6 heteroatoms. The quantitative estimate of drug-likeness (QED) is 0.845. The first-order chi connectivity index (χ1) is 7.69. The third-order valence-corrected chi connectivity index (χ3v) is 2.34. The van der Waals surface area contributed by atoms with Gasteiger partial charge in [0.1, 0.15) is 18.1 Å². The molecule has 2 aromatic rings. The summed E-state index contributed by atoms with van der Waals surface area (Å²) in [6.45, 7) is 0. The molecule has 16 heavy (non-hydrogen) atoms. The van der Waals surface area contributed by atoms with Crippen molar-refractivity contribution in [1.82, 2.24) is 14.8 Å². The second-order valence-corrected chi connectivity index (χ2v) is 3.97. The number of aryl methyl sites for hydroxylation is 1. The number of aromatic nitrogens is 3. The molecule has 5 nitrogen and oxygen atoms in total. The zero-order valence-corrected chi connectivity index (χ0v) is 9.97. The number of hydrogen-bond donors (Lipinski definition) is 0. The lowest BCUT2D eigenvalue weighted by molar-refractivity contribution is 0.437. The number of halogens is 1. The molecule has 0 spiro atoms. The van der Waals surface area contributed by atoms with Crippen molar-refractivity contribution in [3.05, 3.63) is 34.6 Å². The number of rotatable bonds is 2. The molecule has 0 saturated heterocycles. The Bertz CT molecular complexity index is 558. The zero-order chi connectivity index (χ0) is 11.5. The predicted molar refractivity (Wildman–Crippen MR) is 59.9 cm³/mol. The Morgan fingerprint density at radius 1 is 1.50 bits per heavy atom.